The van der Waals surface area contributed by atoms with Gasteiger partial charge in [-0.05, 0) is 37.5 Å². The van der Waals surface area contributed by atoms with Crippen molar-refractivity contribution in [2.45, 2.75) is 33.6 Å². The van der Waals surface area contributed by atoms with Crippen LogP contribution in [-0.4, -0.2) is 17.0 Å². The van der Waals surface area contributed by atoms with Crippen LogP contribution >= 0.6 is 0 Å². The molecule has 1 aromatic carbocycles. The Morgan fingerprint density at radius 2 is 1.89 bits per heavy atom. The average molecular weight is 255 g/mol. The monoisotopic (exact) mass is 255 g/mol. The van der Waals surface area contributed by atoms with Crippen LogP contribution < -0.4 is 5.32 Å². The number of hydrogen-bond acceptors (Lipinski definition) is 3. The third-order valence-corrected chi connectivity index (χ3v) is 3.46. The van der Waals surface area contributed by atoms with Crippen LogP contribution in [0.3, 0.4) is 0 Å². The fourth-order valence-electron chi connectivity index (χ4n) is 2.25. The van der Waals surface area contributed by atoms with Crippen molar-refractivity contribution < 1.29 is 0 Å². The molecule has 0 radical (unpaired) electrons. The van der Waals surface area contributed by atoms with Crippen molar-refractivity contribution >= 4 is 5.82 Å². The van der Waals surface area contributed by atoms with Crippen molar-refractivity contribution in [2.75, 3.05) is 12.4 Å². The average Bonchev–Trinajstić information content (AvgIpc) is 2.42. The molecular weight excluding hydrogens is 234 g/mol. The maximum atomic E-state index is 4.50. The Morgan fingerprint density at radius 3 is 2.53 bits per heavy atom. The highest BCUT2D eigenvalue weighted by Crippen LogP contribution is 2.28. The van der Waals surface area contributed by atoms with E-state index in [0.717, 1.165) is 24.4 Å². The molecule has 0 atom stereocenters. The van der Waals surface area contributed by atoms with Gasteiger partial charge < -0.3 is 5.32 Å². The summed E-state index contributed by atoms with van der Waals surface area (Å²) >= 11 is 0. The van der Waals surface area contributed by atoms with Crippen LogP contribution in [-0.2, 0) is 6.42 Å². The Balaban J connectivity index is 2.57. The summed E-state index contributed by atoms with van der Waals surface area (Å²) in [6.45, 7) is 6.44. The highest BCUT2D eigenvalue weighted by atomic mass is 15.0. The Bertz CT molecular complexity index is 576. The summed E-state index contributed by atoms with van der Waals surface area (Å²) < 4.78 is 0. The van der Waals surface area contributed by atoms with Gasteiger partial charge in [0.25, 0.3) is 0 Å². The van der Waals surface area contributed by atoms with Gasteiger partial charge in [0.2, 0.25) is 0 Å². The molecule has 0 bridgehead atoms. The molecule has 0 amide bonds. The molecule has 19 heavy (non-hydrogen) atoms. The summed E-state index contributed by atoms with van der Waals surface area (Å²) in [6.07, 6.45) is 3.70. The van der Waals surface area contributed by atoms with E-state index < -0.39 is 0 Å². The number of aromatic nitrogens is 2. The third kappa shape index (κ3) is 2.75. The summed E-state index contributed by atoms with van der Waals surface area (Å²) in [7, 11) is 1.91. The number of anilines is 1. The van der Waals surface area contributed by atoms with E-state index in [2.05, 4.69) is 54.3 Å². The second-order valence-corrected chi connectivity index (χ2v) is 4.85. The molecule has 1 N–H and O–H groups in total. The van der Waals surface area contributed by atoms with E-state index >= 15 is 0 Å². The van der Waals surface area contributed by atoms with Gasteiger partial charge in [0.05, 0.1) is 5.69 Å². The minimum Gasteiger partial charge on any atom is -0.373 e. The number of nitrogens with one attached hydrogen (secondary N) is 1. The Morgan fingerprint density at radius 1 is 1.11 bits per heavy atom. The highest BCUT2D eigenvalue weighted by molar-refractivity contribution is 5.69. The smallest absolute Gasteiger partial charge is 0.132 e. The lowest BCUT2D eigenvalue weighted by atomic mass is 9.99. The maximum Gasteiger partial charge on any atom is 0.132 e. The predicted octanol–water partition coefficient (Wildman–Crippen LogP) is 3.75. The van der Waals surface area contributed by atoms with Gasteiger partial charge in [0, 0.05) is 18.2 Å². The van der Waals surface area contributed by atoms with Crippen molar-refractivity contribution in [3.63, 3.8) is 0 Å². The van der Waals surface area contributed by atoms with Gasteiger partial charge in [-0.3, -0.25) is 0 Å². The van der Waals surface area contributed by atoms with Gasteiger partial charge in [0.15, 0.2) is 0 Å². The first-order valence-corrected chi connectivity index (χ1v) is 6.76. The van der Waals surface area contributed by atoms with Crippen molar-refractivity contribution in [3.05, 3.63) is 41.2 Å². The fraction of sp³-hybridized carbons (Fsp3) is 0.375. The molecule has 0 aliphatic carbocycles. The Kier molecular flexibility index (Phi) is 4.15. The van der Waals surface area contributed by atoms with Crippen LogP contribution in [0.5, 0.6) is 0 Å². The molecule has 0 aliphatic rings. The number of aryl methyl sites for hydroxylation is 2. The zero-order chi connectivity index (χ0) is 13.8. The van der Waals surface area contributed by atoms with Gasteiger partial charge in [-0.2, -0.15) is 0 Å². The summed E-state index contributed by atoms with van der Waals surface area (Å²) in [5.41, 5.74) is 6.03. The number of benzene rings is 1. The largest absolute Gasteiger partial charge is 0.373 e. The Hall–Kier alpha value is -1.90. The zero-order valence-electron chi connectivity index (χ0n) is 12.1. The summed E-state index contributed by atoms with van der Waals surface area (Å²) in [4.78, 5) is 8.82. The second kappa shape index (κ2) is 5.83. The topological polar surface area (TPSA) is 37.8 Å². The minimum absolute atomic E-state index is 0.935. The van der Waals surface area contributed by atoms with Gasteiger partial charge in [-0.1, -0.05) is 25.5 Å². The zero-order valence-corrected chi connectivity index (χ0v) is 12.1. The molecular formula is C16H21N3. The van der Waals surface area contributed by atoms with E-state index in [-0.39, 0.29) is 0 Å². The first-order valence-electron chi connectivity index (χ1n) is 6.76. The SMILES string of the molecule is CCCc1c(NC)ncnc1-c1ccc(C)c(C)c1. The third-order valence-electron chi connectivity index (χ3n) is 3.46. The van der Waals surface area contributed by atoms with Crippen LogP contribution in [0.4, 0.5) is 5.82 Å². The van der Waals surface area contributed by atoms with Crippen molar-refractivity contribution in [2.24, 2.45) is 0 Å². The molecule has 3 nitrogen and oxygen atoms in total. The maximum absolute atomic E-state index is 4.50. The van der Waals surface area contributed by atoms with Crippen LogP contribution in [0.1, 0.15) is 30.0 Å². The number of nitrogens with zero attached hydrogens (tertiary/aromatic N) is 2. The van der Waals surface area contributed by atoms with E-state index in [1.54, 1.807) is 6.33 Å². The second-order valence-electron chi connectivity index (χ2n) is 4.85. The van der Waals surface area contributed by atoms with Gasteiger partial charge >= 0.3 is 0 Å². The summed E-state index contributed by atoms with van der Waals surface area (Å²) in [6, 6.07) is 6.50. The Labute approximate surface area is 115 Å². The van der Waals surface area contributed by atoms with Gasteiger partial charge in [0.1, 0.15) is 12.1 Å². The molecule has 0 fully saturated rings. The molecule has 0 saturated heterocycles. The quantitative estimate of drug-likeness (QED) is 0.904. The fourth-order valence-corrected chi connectivity index (χ4v) is 2.25. The van der Waals surface area contributed by atoms with E-state index in [4.69, 9.17) is 0 Å². The van der Waals surface area contributed by atoms with E-state index in [0.29, 0.717) is 0 Å². The molecule has 1 aromatic heterocycles. The summed E-state index contributed by atoms with van der Waals surface area (Å²) in [5, 5.41) is 3.17. The molecule has 2 rings (SSSR count). The molecule has 0 aliphatic heterocycles. The van der Waals surface area contributed by atoms with E-state index in [9.17, 15) is 0 Å². The first-order chi connectivity index (χ1) is 9.17. The van der Waals surface area contributed by atoms with Crippen LogP contribution in [0.25, 0.3) is 11.3 Å². The van der Waals surface area contributed by atoms with Crippen molar-refractivity contribution in [1.29, 1.82) is 0 Å². The summed E-state index contributed by atoms with van der Waals surface area (Å²) in [5.74, 6) is 0.935. The minimum atomic E-state index is 0.935. The lowest BCUT2D eigenvalue weighted by Gasteiger charge is -2.13. The lowest BCUT2D eigenvalue weighted by Crippen LogP contribution is -2.03. The lowest BCUT2D eigenvalue weighted by molar-refractivity contribution is 0.905. The highest BCUT2D eigenvalue weighted by Gasteiger charge is 2.12. The molecule has 0 spiro atoms. The van der Waals surface area contributed by atoms with Crippen LogP contribution in [0, 0.1) is 13.8 Å². The number of hydrogen-bond donors (Lipinski definition) is 1. The van der Waals surface area contributed by atoms with E-state index in [1.807, 2.05) is 7.05 Å². The van der Waals surface area contributed by atoms with Gasteiger partial charge in [-0.15, -0.1) is 0 Å². The molecule has 2 aromatic rings. The molecule has 0 saturated carbocycles. The number of rotatable bonds is 4. The first kappa shape index (κ1) is 13.5. The van der Waals surface area contributed by atoms with Crippen LogP contribution in [0.2, 0.25) is 0 Å². The van der Waals surface area contributed by atoms with Crippen molar-refractivity contribution in [3.8, 4) is 11.3 Å². The molecule has 100 valence electrons. The molecule has 3 heteroatoms. The van der Waals surface area contributed by atoms with Crippen molar-refractivity contribution in [1.82, 2.24) is 9.97 Å². The molecule has 1 heterocycles. The van der Waals surface area contributed by atoms with E-state index in [1.165, 1.54) is 22.3 Å². The normalized spacial score (nSPS) is 10.5. The standard InChI is InChI=1S/C16H21N3/c1-5-6-14-15(18-10-19-16(14)17-4)13-8-7-11(2)12(3)9-13/h7-10H,5-6H2,1-4H3,(H,17,18,19). The predicted molar refractivity (Wildman–Crippen MR) is 80.5 cm³/mol. The molecule has 0 unspecified atom stereocenters. The van der Waals surface area contributed by atoms with Gasteiger partial charge in [-0.25, -0.2) is 9.97 Å². The van der Waals surface area contributed by atoms with Crippen LogP contribution in [0.15, 0.2) is 24.5 Å².